The monoisotopic (exact) mass is 330 g/mol. The van der Waals surface area contributed by atoms with E-state index in [1.165, 1.54) is 0 Å². The molecule has 6 nitrogen and oxygen atoms in total. The van der Waals surface area contributed by atoms with Gasteiger partial charge in [-0.25, -0.2) is 4.79 Å². The Morgan fingerprint density at radius 1 is 1.26 bits per heavy atom. The minimum Gasteiger partial charge on any atom is -0.460 e. The number of hydrogen-bond acceptors (Lipinski definition) is 5. The lowest BCUT2D eigenvalue weighted by molar-refractivity contribution is 0.0522. The van der Waals surface area contributed by atoms with Gasteiger partial charge in [-0.15, -0.1) is 10.2 Å². The van der Waals surface area contributed by atoms with E-state index >= 15 is 0 Å². The summed E-state index contributed by atoms with van der Waals surface area (Å²) in [5.41, 5.74) is 2.30. The van der Waals surface area contributed by atoms with Gasteiger partial charge in [0, 0.05) is 16.6 Å². The Morgan fingerprint density at radius 2 is 2.09 bits per heavy atom. The fourth-order valence-electron chi connectivity index (χ4n) is 2.34. The SMILES string of the molecule is Cc1[nH]c2ccccc2c1C(=O)OCCNc1ccc(Cl)nn1. The van der Waals surface area contributed by atoms with E-state index in [0.717, 1.165) is 16.6 Å². The standard InChI is InChI=1S/C16H15ClN4O2/c1-10-15(11-4-2-3-5-12(11)19-10)16(22)23-9-8-18-14-7-6-13(17)20-21-14/h2-7,19H,8-9H2,1H3,(H,18,21). The molecule has 0 amide bonds. The molecule has 2 heterocycles. The van der Waals surface area contributed by atoms with E-state index < -0.39 is 0 Å². The van der Waals surface area contributed by atoms with Crippen LogP contribution in [0, 0.1) is 6.92 Å². The molecule has 0 spiro atoms. The number of para-hydroxylation sites is 1. The molecule has 1 aromatic carbocycles. The molecule has 0 bridgehead atoms. The quantitative estimate of drug-likeness (QED) is 0.554. The van der Waals surface area contributed by atoms with Gasteiger partial charge in [0.05, 0.1) is 12.1 Å². The molecule has 0 fully saturated rings. The first kappa shape index (κ1) is 15.3. The number of esters is 1. The molecule has 3 rings (SSSR count). The first-order chi connectivity index (χ1) is 11.1. The summed E-state index contributed by atoms with van der Waals surface area (Å²) in [5, 5.41) is 11.8. The average Bonchev–Trinajstić information content (AvgIpc) is 2.89. The van der Waals surface area contributed by atoms with Crippen LogP contribution < -0.4 is 5.32 Å². The Morgan fingerprint density at radius 3 is 2.87 bits per heavy atom. The predicted octanol–water partition coefficient (Wildman–Crippen LogP) is 3.19. The van der Waals surface area contributed by atoms with Gasteiger partial charge in [-0.2, -0.15) is 0 Å². The normalized spacial score (nSPS) is 10.7. The van der Waals surface area contributed by atoms with Crippen molar-refractivity contribution in [1.29, 1.82) is 0 Å². The van der Waals surface area contributed by atoms with Crippen molar-refractivity contribution in [2.45, 2.75) is 6.92 Å². The minimum atomic E-state index is -0.344. The number of aromatic amines is 1. The van der Waals surface area contributed by atoms with Crippen LogP contribution in [0.3, 0.4) is 0 Å². The minimum absolute atomic E-state index is 0.224. The highest BCUT2D eigenvalue weighted by molar-refractivity contribution is 6.29. The van der Waals surface area contributed by atoms with Crippen molar-refractivity contribution in [2.24, 2.45) is 0 Å². The van der Waals surface area contributed by atoms with Crippen molar-refractivity contribution in [2.75, 3.05) is 18.5 Å². The van der Waals surface area contributed by atoms with Crippen molar-refractivity contribution >= 4 is 34.3 Å². The van der Waals surface area contributed by atoms with Crippen LogP contribution in [0.15, 0.2) is 36.4 Å². The zero-order valence-electron chi connectivity index (χ0n) is 12.5. The highest BCUT2D eigenvalue weighted by Crippen LogP contribution is 2.22. The van der Waals surface area contributed by atoms with E-state index in [9.17, 15) is 4.79 Å². The number of carbonyl (C=O) groups is 1. The Labute approximate surface area is 137 Å². The largest absolute Gasteiger partial charge is 0.460 e. The second-order valence-electron chi connectivity index (χ2n) is 4.97. The lowest BCUT2D eigenvalue weighted by Gasteiger charge is -2.07. The summed E-state index contributed by atoms with van der Waals surface area (Å²) in [6.45, 7) is 2.52. The molecule has 0 unspecified atom stereocenters. The average molecular weight is 331 g/mol. The number of halogens is 1. The highest BCUT2D eigenvalue weighted by atomic mass is 35.5. The maximum atomic E-state index is 12.3. The molecule has 0 radical (unpaired) electrons. The summed E-state index contributed by atoms with van der Waals surface area (Å²) >= 11 is 5.66. The van der Waals surface area contributed by atoms with E-state index in [2.05, 4.69) is 20.5 Å². The Kier molecular flexibility index (Phi) is 4.43. The van der Waals surface area contributed by atoms with Crippen LogP contribution in [0.4, 0.5) is 5.82 Å². The van der Waals surface area contributed by atoms with E-state index in [4.69, 9.17) is 16.3 Å². The summed E-state index contributed by atoms with van der Waals surface area (Å²) in [4.78, 5) is 15.5. The second kappa shape index (κ2) is 6.66. The fraction of sp³-hybridized carbons (Fsp3) is 0.188. The van der Waals surface area contributed by atoms with Gasteiger partial charge in [0.25, 0.3) is 0 Å². The number of nitrogens with zero attached hydrogens (tertiary/aromatic N) is 2. The maximum absolute atomic E-state index is 12.3. The Balaban J connectivity index is 1.58. The topological polar surface area (TPSA) is 79.9 Å². The number of fused-ring (bicyclic) bond motifs is 1. The number of nitrogens with one attached hydrogen (secondary N) is 2. The first-order valence-electron chi connectivity index (χ1n) is 7.12. The lowest BCUT2D eigenvalue weighted by Crippen LogP contribution is -2.15. The number of anilines is 1. The fourth-order valence-corrected chi connectivity index (χ4v) is 2.45. The molecule has 2 N–H and O–H groups in total. The van der Waals surface area contributed by atoms with Crippen molar-refractivity contribution in [3.05, 3.63) is 52.8 Å². The van der Waals surface area contributed by atoms with Crippen molar-refractivity contribution in [3.63, 3.8) is 0 Å². The zero-order chi connectivity index (χ0) is 16.2. The Hall–Kier alpha value is -2.60. The number of aryl methyl sites for hydroxylation is 1. The van der Waals surface area contributed by atoms with Crippen LogP contribution in [0.1, 0.15) is 16.1 Å². The molecular formula is C16H15ClN4O2. The van der Waals surface area contributed by atoms with Gasteiger partial charge in [0.1, 0.15) is 12.4 Å². The molecule has 0 aliphatic heterocycles. The molecule has 23 heavy (non-hydrogen) atoms. The molecule has 2 aromatic heterocycles. The third-order valence-corrected chi connectivity index (χ3v) is 3.57. The van der Waals surface area contributed by atoms with E-state index in [-0.39, 0.29) is 12.6 Å². The number of rotatable bonds is 5. The summed E-state index contributed by atoms with van der Waals surface area (Å²) in [6.07, 6.45) is 0. The summed E-state index contributed by atoms with van der Waals surface area (Å²) in [5.74, 6) is 0.234. The first-order valence-corrected chi connectivity index (χ1v) is 7.50. The van der Waals surface area contributed by atoms with E-state index in [1.807, 2.05) is 31.2 Å². The summed E-state index contributed by atoms with van der Waals surface area (Å²) in [6, 6.07) is 11.0. The smallest absolute Gasteiger partial charge is 0.340 e. The summed E-state index contributed by atoms with van der Waals surface area (Å²) in [7, 11) is 0. The lowest BCUT2D eigenvalue weighted by atomic mass is 10.1. The number of carbonyl (C=O) groups excluding carboxylic acids is 1. The van der Waals surface area contributed by atoms with Crippen molar-refractivity contribution in [1.82, 2.24) is 15.2 Å². The molecule has 118 valence electrons. The molecule has 7 heteroatoms. The maximum Gasteiger partial charge on any atom is 0.340 e. The number of benzene rings is 1. The molecular weight excluding hydrogens is 316 g/mol. The van der Waals surface area contributed by atoms with E-state index in [0.29, 0.717) is 23.1 Å². The van der Waals surface area contributed by atoms with Gasteiger partial charge in [-0.05, 0) is 25.1 Å². The summed E-state index contributed by atoms with van der Waals surface area (Å²) < 4.78 is 5.33. The molecule has 0 saturated carbocycles. The predicted molar refractivity (Wildman–Crippen MR) is 88.8 cm³/mol. The molecule has 0 saturated heterocycles. The van der Waals surface area contributed by atoms with Crippen molar-refractivity contribution < 1.29 is 9.53 Å². The number of aromatic nitrogens is 3. The Bertz CT molecular complexity index is 830. The van der Waals surface area contributed by atoms with E-state index in [1.54, 1.807) is 12.1 Å². The van der Waals surface area contributed by atoms with Gasteiger partial charge in [-0.3, -0.25) is 0 Å². The second-order valence-corrected chi connectivity index (χ2v) is 5.36. The molecule has 3 aromatic rings. The van der Waals surface area contributed by atoms with Gasteiger partial charge in [-0.1, -0.05) is 29.8 Å². The molecule has 0 atom stereocenters. The van der Waals surface area contributed by atoms with Gasteiger partial charge < -0.3 is 15.0 Å². The van der Waals surface area contributed by atoms with Crippen LogP contribution in [0.25, 0.3) is 10.9 Å². The van der Waals surface area contributed by atoms with Crippen LogP contribution >= 0.6 is 11.6 Å². The third-order valence-electron chi connectivity index (χ3n) is 3.37. The highest BCUT2D eigenvalue weighted by Gasteiger charge is 2.16. The zero-order valence-corrected chi connectivity index (χ0v) is 13.2. The van der Waals surface area contributed by atoms with Gasteiger partial charge >= 0.3 is 5.97 Å². The molecule has 0 aliphatic rings. The van der Waals surface area contributed by atoms with Crippen LogP contribution in [0.5, 0.6) is 0 Å². The van der Waals surface area contributed by atoms with Gasteiger partial charge in [0.15, 0.2) is 5.15 Å². The number of ether oxygens (including phenoxy) is 1. The van der Waals surface area contributed by atoms with Crippen LogP contribution in [-0.2, 0) is 4.74 Å². The number of H-pyrrole nitrogens is 1. The van der Waals surface area contributed by atoms with Crippen LogP contribution in [0.2, 0.25) is 5.15 Å². The van der Waals surface area contributed by atoms with Gasteiger partial charge in [0.2, 0.25) is 0 Å². The third kappa shape index (κ3) is 3.43. The number of hydrogen-bond donors (Lipinski definition) is 2. The van der Waals surface area contributed by atoms with Crippen LogP contribution in [-0.4, -0.2) is 34.3 Å². The molecule has 0 aliphatic carbocycles. The van der Waals surface area contributed by atoms with Crippen molar-refractivity contribution in [3.8, 4) is 0 Å².